The molecule has 39 heavy (non-hydrogen) atoms. The first-order valence-corrected chi connectivity index (χ1v) is 13.3. The molecule has 0 unspecified atom stereocenters. The van der Waals surface area contributed by atoms with Crippen LogP contribution in [0.1, 0.15) is 28.9 Å². The Morgan fingerprint density at radius 2 is 1.85 bits per heavy atom. The van der Waals surface area contributed by atoms with Gasteiger partial charge in [0.2, 0.25) is 11.8 Å². The maximum Gasteiger partial charge on any atom is 0.331 e. The van der Waals surface area contributed by atoms with Crippen molar-refractivity contribution in [2.24, 2.45) is 0 Å². The Labute approximate surface area is 227 Å². The number of rotatable bonds is 7. The standard InChI is InChI=1S/C28H24N6O4S/c1-2-21(35)31-18-6-5-7-19(18)32-26(36)25-24-23-20(13-15-30-27(23)39-25)34(28(37)33-24)16-9-11-17(12-10-16)38-22-8-3-4-14-29-22/h2-4,8-15,18-19H,1,5-7H2,(H,31,35)(H,32,36)(H,33,37)/t18-,19+/m0/s1. The molecular formula is C28H24N6O4S. The maximum absolute atomic E-state index is 13.4. The number of benzene rings is 1. The van der Waals surface area contributed by atoms with Crippen molar-refractivity contribution in [3.05, 3.63) is 78.5 Å². The van der Waals surface area contributed by atoms with E-state index < -0.39 is 6.03 Å². The number of carbonyl (C=O) groups excluding carboxylic acids is 3. The zero-order chi connectivity index (χ0) is 26.9. The smallest absolute Gasteiger partial charge is 0.331 e. The van der Waals surface area contributed by atoms with Gasteiger partial charge in [-0.2, -0.15) is 0 Å². The third-order valence-electron chi connectivity index (χ3n) is 6.75. The van der Waals surface area contributed by atoms with Crippen molar-refractivity contribution in [3.63, 3.8) is 0 Å². The number of nitrogens with one attached hydrogen (secondary N) is 3. The third-order valence-corrected chi connectivity index (χ3v) is 7.85. The number of urea groups is 1. The first-order chi connectivity index (χ1) is 19.0. The van der Waals surface area contributed by atoms with E-state index in [9.17, 15) is 14.4 Å². The number of thiophene rings is 1. The van der Waals surface area contributed by atoms with Gasteiger partial charge in [0.25, 0.3) is 5.91 Å². The summed E-state index contributed by atoms with van der Waals surface area (Å²) in [6, 6.07) is 13.5. The van der Waals surface area contributed by atoms with Gasteiger partial charge in [0.05, 0.1) is 22.4 Å². The summed E-state index contributed by atoms with van der Waals surface area (Å²) in [5.74, 6) is 0.473. The van der Waals surface area contributed by atoms with Gasteiger partial charge in [0.1, 0.15) is 15.5 Å². The number of pyridine rings is 2. The fraction of sp³-hybridized carbons (Fsp3) is 0.179. The minimum Gasteiger partial charge on any atom is -0.439 e. The summed E-state index contributed by atoms with van der Waals surface area (Å²) < 4.78 is 5.77. The number of hydrogen-bond donors (Lipinski definition) is 3. The fourth-order valence-corrected chi connectivity index (χ4v) is 6.00. The number of ether oxygens (including phenoxy) is 1. The van der Waals surface area contributed by atoms with Crippen molar-refractivity contribution in [2.45, 2.75) is 31.3 Å². The molecule has 11 heteroatoms. The first-order valence-electron chi connectivity index (χ1n) is 12.5. The SMILES string of the molecule is C=CC(=O)N[C@H]1CCC[C@H]1NC(=O)c1sc2nccc3c2c1NC(=O)N3c1ccc(Oc2ccccn2)cc1. The zero-order valence-electron chi connectivity index (χ0n) is 20.7. The van der Waals surface area contributed by atoms with Gasteiger partial charge in [-0.05, 0) is 61.7 Å². The average Bonchev–Trinajstić information content (AvgIpc) is 3.54. The van der Waals surface area contributed by atoms with E-state index in [1.807, 2.05) is 12.1 Å². The lowest BCUT2D eigenvalue weighted by Crippen LogP contribution is -2.48. The van der Waals surface area contributed by atoms with Crippen LogP contribution in [-0.4, -0.2) is 39.9 Å². The van der Waals surface area contributed by atoms with Crippen molar-refractivity contribution in [1.82, 2.24) is 20.6 Å². The van der Waals surface area contributed by atoms with Crippen LogP contribution in [0.3, 0.4) is 0 Å². The van der Waals surface area contributed by atoms with Gasteiger partial charge >= 0.3 is 6.03 Å². The summed E-state index contributed by atoms with van der Waals surface area (Å²) in [5, 5.41) is 9.54. The molecule has 1 fully saturated rings. The zero-order valence-corrected chi connectivity index (χ0v) is 21.5. The number of carbonyl (C=O) groups is 3. The van der Waals surface area contributed by atoms with Gasteiger partial charge in [0.15, 0.2) is 0 Å². The van der Waals surface area contributed by atoms with Gasteiger partial charge in [-0.3, -0.25) is 14.5 Å². The summed E-state index contributed by atoms with van der Waals surface area (Å²) in [4.78, 5) is 49.7. The van der Waals surface area contributed by atoms with Crippen LogP contribution in [0.4, 0.5) is 21.9 Å². The highest BCUT2D eigenvalue weighted by atomic mass is 32.1. The van der Waals surface area contributed by atoms with Crippen LogP contribution in [0.25, 0.3) is 10.2 Å². The predicted molar refractivity (Wildman–Crippen MR) is 149 cm³/mol. The van der Waals surface area contributed by atoms with Gasteiger partial charge in [-0.15, -0.1) is 11.3 Å². The molecule has 1 aliphatic heterocycles. The highest BCUT2D eigenvalue weighted by Gasteiger charge is 2.35. The molecule has 1 aromatic carbocycles. The lowest BCUT2D eigenvalue weighted by Gasteiger charge is -2.28. The Bertz CT molecular complexity index is 1590. The number of hydrogen-bond acceptors (Lipinski definition) is 7. The monoisotopic (exact) mass is 540 g/mol. The molecule has 0 saturated heterocycles. The van der Waals surface area contributed by atoms with Crippen LogP contribution >= 0.6 is 11.3 Å². The number of amides is 4. The molecule has 3 aromatic heterocycles. The van der Waals surface area contributed by atoms with E-state index >= 15 is 0 Å². The predicted octanol–water partition coefficient (Wildman–Crippen LogP) is 5.12. The quantitative estimate of drug-likeness (QED) is 0.280. The molecule has 0 radical (unpaired) electrons. The first kappa shape index (κ1) is 24.6. The maximum atomic E-state index is 13.4. The van der Waals surface area contributed by atoms with Crippen LogP contribution in [0, 0.1) is 0 Å². The van der Waals surface area contributed by atoms with E-state index in [-0.39, 0.29) is 23.9 Å². The summed E-state index contributed by atoms with van der Waals surface area (Å²) in [6.45, 7) is 3.50. The molecule has 4 aromatic rings. The average molecular weight is 541 g/mol. The Kier molecular flexibility index (Phi) is 6.41. The molecule has 0 spiro atoms. The molecule has 4 amide bonds. The van der Waals surface area contributed by atoms with Crippen LogP contribution in [0.15, 0.2) is 73.6 Å². The van der Waals surface area contributed by atoms with Crippen molar-refractivity contribution in [3.8, 4) is 11.6 Å². The minimum absolute atomic E-state index is 0.173. The van der Waals surface area contributed by atoms with Gasteiger partial charge < -0.3 is 20.7 Å². The molecule has 10 nitrogen and oxygen atoms in total. The topological polar surface area (TPSA) is 126 Å². The molecule has 6 rings (SSSR count). The fourth-order valence-electron chi connectivity index (χ4n) is 4.97. The Morgan fingerprint density at radius 1 is 1.05 bits per heavy atom. The number of aromatic nitrogens is 2. The Morgan fingerprint density at radius 3 is 2.59 bits per heavy atom. The van der Waals surface area contributed by atoms with Crippen molar-refractivity contribution in [2.75, 3.05) is 10.2 Å². The molecule has 2 aliphatic rings. The van der Waals surface area contributed by atoms with E-state index in [4.69, 9.17) is 4.74 Å². The van der Waals surface area contributed by atoms with Gasteiger partial charge in [-0.25, -0.2) is 14.8 Å². The largest absolute Gasteiger partial charge is 0.439 e. The van der Waals surface area contributed by atoms with Crippen LogP contribution in [0.5, 0.6) is 11.6 Å². The Hall–Kier alpha value is -4.77. The lowest BCUT2D eigenvalue weighted by molar-refractivity contribution is -0.117. The molecule has 1 saturated carbocycles. The van der Waals surface area contributed by atoms with Crippen LogP contribution in [0.2, 0.25) is 0 Å². The Balaban J connectivity index is 1.27. The number of nitrogens with zero attached hydrogens (tertiary/aromatic N) is 3. The summed E-state index contributed by atoms with van der Waals surface area (Å²) >= 11 is 1.22. The van der Waals surface area contributed by atoms with E-state index in [1.54, 1.807) is 53.7 Å². The lowest BCUT2D eigenvalue weighted by atomic mass is 10.1. The highest BCUT2D eigenvalue weighted by Crippen LogP contribution is 2.46. The summed E-state index contributed by atoms with van der Waals surface area (Å²) in [7, 11) is 0. The molecular weight excluding hydrogens is 516 g/mol. The summed E-state index contributed by atoms with van der Waals surface area (Å²) in [5.41, 5.74) is 1.70. The van der Waals surface area contributed by atoms with Gasteiger partial charge in [-0.1, -0.05) is 12.6 Å². The molecule has 0 bridgehead atoms. The van der Waals surface area contributed by atoms with Crippen molar-refractivity contribution < 1.29 is 19.1 Å². The normalized spacial score (nSPS) is 17.9. The highest BCUT2D eigenvalue weighted by molar-refractivity contribution is 7.21. The molecule has 4 heterocycles. The summed E-state index contributed by atoms with van der Waals surface area (Å²) in [6.07, 6.45) is 6.90. The van der Waals surface area contributed by atoms with Crippen LogP contribution in [-0.2, 0) is 4.79 Å². The van der Waals surface area contributed by atoms with Crippen LogP contribution < -0.4 is 25.6 Å². The minimum atomic E-state index is -0.391. The third kappa shape index (κ3) is 4.68. The van der Waals surface area contributed by atoms with E-state index in [2.05, 4.69) is 32.5 Å². The molecule has 196 valence electrons. The second-order valence-electron chi connectivity index (χ2n) is 9.18. The number of anilines is 3. The second-order valence-corrected chi connectivity index (χ2v) is 10.2. The van der Waals surface area contributed by atoms with E-state index in [0.717, 1.165) is 19.3 Å². The van der Waals surface area contributed by atoms with Gasteiger partial charge in [0, 0.05) is 30.5 Å². The molecule has 3 N–H and O–H groups in total. The second kappa shape index (κ2) is 10.2. The molecule has 2 atom stereocenters. The van der Waals surface area contributed by atoms with E-state index in [0.29, 0.717) is 43.8 Å². The van der Waals surface area contributed by atoms with Crippen molar-refractivity contribution in [1.29, 1.82) is 0 Å². The van der Waals surface area contributed by atoms with Crippen molar-refractivity contribution >= 4 is 56.5 Å². The molecule has 1 aliphatic carbocycles. The van der Waals surface area contributed by atoms with E-state index in [1.165, 1.54) is 17.4 Å².